The van der Waals surface area contributed by atoms with Gasteiger partial charge in [0, 0.05) is 30.7 Å². The van der Waals surface area contributed by atoms with Crippen molar-refractivity contribution in [2.75, 3.05) is 18.4 Å². The van der Waals surface area contributed by atoms with Gasteiger partial charge in [-0.1, -0.05) is 30.9 Å². The maximum Gasteiger partial charge on any atom is 0.148 e. The molecule has 2 atom stereocenters. The fraction of sp³-hybridized carbons (Fsp3) is 0.643. The molecule has 0 amide bonds. The van der Waals surface area contributed by atoms with Gasteiger partial charge >= 0.3 is 0 Å². The van der Waals surface area contributed by atoms with Crippen molar-refractivity contribution in [3.63, 3.8) is 0 Å². The number of nitrogens with one attached hydrogen (secondary N) is 1. The van der Waals surface area contributed by atoms with E-state index in [1.54, 1.807) is 6.07 Å². The zero-order valence-corrected chi connectivity index (χ0v) is 20.7. The lowest BCUT2D eigenvalue weighted by molar-refractivity contribution is 0.0669. The molecule has 6 rings (SSSR count). The normalized spacial score (nSPS) is 29.4. The fourth-order valence-electron chi connectivity index (χ4n) is 7.59. The Kier molecular flexibility index (Phi) is 6.27. The van der Waals surface area contributed by atoms with Crippen molar-refractivity contribution in [1.29, 1.82) is 0 Å². The lowest BCUT2D eigenvalue weighted by atomic mass is 9.64. The van der Waals surface area contributed by atoms with E-state index >= 15 is 0 Å². The largest absolute Gasteiger partial charge is 0.366 e. The van der Waals surface area contributed by atoms with Crippen LogP contribution in [0.2, 0.25) is 5.02 Å². The summed E-state index contributed by atoms with van der Waals surface area (Å²) in [6.07, 6.45) is 15.6. The second kappa shape index (κ2) is 9.39. The molecule has 3 saturated carbocycles. The van der Waals surface area contributed by atoms with Gasteiger partial charge in [0.25, 0.3) is 0 Å². The highest BCUT2D eigenvalue weighted by Crippen LogP contribution is 2.49. The number of anilines is 1. The maximum atomic E-state index is 13.6. The highest BCUT2D eigenvalue weighted by atomic mass is 35.5. The Morgan fingerprint density at radius 2 is 1.65 bits per heavy atom. The fourth-order valence-corrected chi connectivity index (χ4v) is 7.80. The van der Waals surface area contributed by atoms with E-state index in [4.69, 9.17) is 11.6 Å². The number of rotatable bonds is 4. The average molecular weight is 483 g/mol. The standard InChI is InChI=1S/C28H36ClFN4/c29-25-5-4-21(30)16-24(25)26-6-7-27(33-32-26)31-22-14-19-17-34(18-20(19)15-22)23-8-12-28(13-9-23)10-2-1-3-11-28/h4-7,16,19-20,22-23H,1-3,8-15,17-18H2,(H,31,33). The van der Waals surface area contributed by atoms with Crippen molar-refractivity contribution in [2.45, 2.75) is 82.7 Å². The lowest BCUT2D eigenvalue weighted by Gasteiger charge is -2.45. The van der Waals surface area contributed by atoms with Gasteiger partial charge in [-0.3, -0.25) is 4.90 Å². The first kappa shape index (κ1) is 22.7. The van der Waals surface area contributed by atoms with Gasteiger partial charge in [-0.25, -0.2) is 4.39 Å². The number of aromatic nitrogens is 2. The van der Waals surface area contributed by atoms with Crippen LogP contribution < -0.4 is 5.32 Å². The van der Waals surface area contributed by atoms with Crippen molar-refractivity contribution < 1.29 is 4.39 Å². The van der Waals surface area contributed by atoms with E-state index < -0.39 is 0 Å². The Labute approximate surface area is 207 Å². The summed E-state index contributed by atoms with van der Waals surface area (Å²) in [5.41, 5.74) is 1.89. The number of nitrogens with zero attached hydrogens (tertiary/aromatic N) is 3. The molecule has 4 aliphatic rings. The summed E-state index contributed by atoms with van der Waals surface area (Å²) in [7, 11) is 0. The Bertz CT molecular complexity index is 982. The van der Waals surface area contributed by atoms with Crippen LogP contribution >= 0.6 is 11.6 Å². The molecule has 1 spiro atoms. The molecule has 6 heteroatoms. The minimum absolute atomic E-state index is 0.323. The predicted molar refractivity (Wildman–Crippen MR) is 135 cm³/mol. The summed E-state index contributed by atoms with van der Waals surface area (Å²) < 4.78 is 13.6. The van der Waals surface area contributed by atoms with E-state index in [1.807, 2.05) is 12.1 Å². The molecule has 4 nitrogen and oxygen atoms in total. The van der Waals surface area contributed by atoms with Crippen molar-refractivity contribution in [2.24, 2.45) is 17.3 Å². The van der Waals surface area contributed by atoms with Crippen molar-refractivity contribution in [3.05, 3.63) is 41.2 Å². The minimum Gasteiger partial charge on any atom is -0.366 e. The van der Waals surface area contributed by atoms with Gasteiger partial charge in [-0.05, 0) is 98.9 Å². The molecule has 2 unspecified atom stereocenters. The Morgan fingerprint density at radius 1 is 0.912 bits per heavy atom. The molecule has 3 aliphatic carbocycles. The number of fused-ring (bicyclic) bond motifs is 1. The second-order valence-corrected chi connectivity index (χ2v) is 11.9. The minimum atomic E-state index is -0.323. The van der Waals surface area contributed by atoms with Crippen LogP contribution in [0.1, 0.15) is 70.6 Å². The molecular formula is C28H36ClFN4. The molecule has 1 saturated heterocycles. The van der Waals surface area contributed by atoms with E-state index in [9.17, 15) is 4.39 Å². The van der Waals surface area contributed by atoms with Gasteiger partial charge in [0.1, 0.15) is 11.6 Å². The van der Waals surface area contributed by atoms with Crippen LogP contribution in [0, 0.1) is 23.1 Å². The summed E-state index contributed by atoms with van der Waals surface area (Å²) in [6, 6.07) is 9.43. The lowest BCUT2D eigenvalue weighted by Crippen LogP contribution is -2.41. The van der Waals surface area contributed by atoms with Crippen LogP contribution in [0.4, 0.5) is 10.2 Å². The SMILES string of the molecule is Fc1ccc(Cl)c(-c2ccc(NC3CC4CN(C5CCC6(CCCCC6)CC5)CC4C3)nn2)c1. The van der Waals surface area contributed by atoms with Crippen LogP contribution in [0.25, 0.3) is 11.3 Å². The van der Waals surface area contributed by atoms with Gasteiger partial charge in [0.2, 0.25) is 0 Å². The van der Waals surface area contributed by atoms with Gasteiger partial charge < -0.3 is 5.32 Å². The summed E-state index contributed by atoms with van der Waals surface area (Å²) in [6.45, 7) is 2.56. The third kappa shape index (κ3) is 4.58. The molecular weight excluding hydrogens is 447 g/mol. The summed E-state index contributed by atoms with van der Waals surface area (Å²) in [5, 5.41) is 12.8. The molecule has 182 valence electrons. The molecule has 4 fully saturated rings. The third-order valence-corrected chi connectivity index (χ3v) is 9.78. The number of hydrogen-bond acceptors (Lipinski definition) is 4. The number of benzene rings is 1. The highest BCUT2D eigenvalue weighted by molar-refractivity contribution is 6.33. The topological polar surface area (TPSA) is 41.0 Å². The number of halogens is 2. The average Bonchev–Trinajstić information content (AvgIpc) is 3.41. The van der Waals surface area contributed by atoms with Crippen LogP contribution in [0.15, 0.2) is 30.3 Å². The van der Waals surface area contributed by atoms with Crippen LogP contribution in [-0.2, 0) is 0 Å². The van der Waals surface area contributed by atoms with Gasteiger partial charge in [-0.15, -0.1) is 10.2 Å². The van der Waals surface area contributed by atoms with Crippen LogP contribution in [-0.4, -0.2) is 40.3 Å². The van der Waals surface area contributed by atoms with Crippen molar-refractivity contribution in [1.82, 2.24) is 15.1 Å². The highest BCUT2D eigenvalue weighted by Gasteiger charge is 2.45. The zero-order valence-electron chi connectivity index (χ0n) is 20.0. The van der Waals surface area contributed by atoms with Gasteiger partial charge in [0.15, 0.2) is 0 Å². The van der Waals surface area contributed by atoms with Crippen LogP contribution in [0.5, 0.6) is 0 Å². The Morgan fingerprint density at radius 3 is 2.32 bits per heavy atom. The molecule has 1 aromatic heterocycles. The van der Waals surface area contributed by atoms with E-state index in [1.165, 1.54) is 95.9 Å². The zero-order chi connectivity index (χ0) is 23.1. The number of hydrogen-bond donors (Lipinski definition) is 1. The van der Waals surface area contributed by atoms with E-state index in [0.29, 0.717) is 22.3 Å². The third-order valence-electron chi connectivity index (χ3n) is 9.45. The van der Waals surface area contributed by atoms with Gasteiger partial charge in [0.05, 0.1) is 10.7 Å². The monoisotopic (exact) mass is 482 g/mol. The first-order chi connectivity index (χ1) is 16.6. The molecule has 1 N–H and O–H groups in total. The summed E-state index contributed by atoms with van der Waals surface area (Å²) in [4.78, 5) is 2.85. The maximum absolute atomic E-state index is 13.6. The van der Waals surface area contributed by atoms with Crippen molar-refractivity contribution >= 4 is 17.4 Å². The first-order valence-electron chi connectivity index (χ1n) is 13.4. The summed E-state index contributed by atoms with van der Waals surface area (Å²) in [5.74, 6) is 2.09. The van der Waals surface area contributed by atoms with Crippen LogP contribution in [0.3, 0.4) is 0 Å². The van der Waals surface area contributed by atoms with Crippen molar-refractivity contribution in [3.8, 4) is 11.3 Å². The molecule has 0 bridgehead atoms. The Hall–Kier alpha value is -1.72. The van der Waals surface area contributed by atoms with E-state index in [2.05, 4.69) is 20.4 Å². The van der Waals surface area contributed by atoms with E-state index in [-0.39, 0.29) is 5.82 Å². The molecule has 0 radical (unpaired) electrons. The second-order valence-electron chi connectivity index (χ2n) is 11.5. The van der Waals surface area contributed by atoms with Gasteiger partial charge in [-0.2, -0.15) is 0 Å². The summed E-state index contributed by atoms with van der Waals surface area (Å²) >= 11 is 6.21. The molecule has 34 heavy (non-hydrogen) atoms. The molecule has 2 heterocycles. The molecule has 1 aliphatic heterocycles. The first-order valence-corrected chi connectivity index (χ1v) is 13.7. The quantitative estimate of drug-likeness (QED) is 0.511. The number of likely N-dealkylation sites (tertiary alicyclic amines) is 1. The predicted octanol–water partition coefficient (Wildman–Crippen LogP) is 6.95. The Balaban J connectivity index is 1.01. The smallest absolute Gasteiger partial charge is 0.148 e. The van der Waals surface area contributed by atoms with E-state index in [0.717, 1.165) is 29.1 Å². The molecule has 2 aromatic rings. The molecule has 1 aromatic carbocycles.